The Morgan fingerprint density at radius 2 is 2.20 bits per heavy atom. The molecule has 1 amide bonds. The smallest absolute Gasteiger partial charge is 0.323 e. The first-order chi connectivity index (χ1) is 9.51. The van der Waals surface area contributed by atoms with Crippen molar-refractivity contribution in [2.24, 2.45) is 7.05 Å². The van der Waals surface area contributed by atoms with Crippen LogP contribution in [0.25, 0.3) is 0 Å². The zero-order valence-corrected chi connectivity index (χ0v) is 11.3. The van der Waals surface area contributed by atoms with Crippen LogP contribution < -0.4 is 5.32 Å². The van der Waals surface area contributed by atoms with E-state index in [-0.39, 0.29) is 12.5 Å². The number of hydrogen-bond donors (Lipinski definition) is 2. The second-order valence-electron chi connectivity index (χ2n) is 4.39. The highest BCUT2D eigenvalue weighted by atomic mass is 16.4. The lowest BCUT2D eigenvalue weighted by Crippen LogP contribution is -2.19. The van der Waals surface area contributed by atoms with Crippen molar-refractivity contribution in [2.75, 3.05) is 5.32 Å². The molecule has 0 aliphatic rings. The van der Waals surface area contributed by atoms with E-state index in [1.165, 1.54) is 4.57 Å². The molecule has 0 aliphatic heterocycles. The van der Waals surface area contributed by atoms with Gasteiger partial charge in [0.15, 0.2) is 0 Å². The second-order valence-corrected chi connectivity index (χ2v) is 4.39. The molecule has 0 bridgehead atoms. The molecule has 0 radical (unpaired) electrons. The molecule has 0 saturated carbocycles. The molecule has 7 nitrogen and oxygen atoms in total. The van der Waals surface area contributed by atoms with Crippen LogP contribution >= 0.6 is 0 Å². The van der Waals surface area contributed by atoms with Gasteiger partial charge in [-0.1, -0.05) is 6.92 Å². The Bertz CT molecular complexity index is 642. The number of nitrogens with one attached hydrogen (secondary N) is 1. The van der Waals surface area contributed by atoms with Crippen LogP contribution in [0, 0.1) is 0 Å². The molecule has 0 aliphatic carbocycles. The summed E-state index contributed by atoms with van der Waals surface area (Å²) in [6.45, 7) is 1.70. The minimum atomic E-state index is -0.995. The Balaban J connectivity index is 2.20. The van der Waals surface area contributed by atoms with E-state index in [2.05, 4.69) is 10.4 Å². The molecule has 0 spiro atoms. The van der Waals surface area contributed by atoms with E-state index >= 15 is 0 Å². The Morgan fingerprint density at radius 1 is 1.45 bits per heavy atom. The van der Waals surface area contributed by atoms with E-state index in [4.69, 9.17) is 5.11 Å². The first-order valence-corrected chi connectivity index (χ1v) is 6.22. The Labute approximate surface area is 115 Å². The van der Waals surface area contributed by atoms with Crippen LogP contribution in [0.5, 0.6) is 0 Å². The number of carboxylic acid groups (broad SMARTS) is 1. The number of aryl methyl sites for hydroxylation is 2. The molecule has 2 heterocycles. The first kappa shape index (κ1) is 13.9. The van der Waals surface area contributed by atoms with Gasteiger partial charge in [0.1, 0.15) is 12.2 Å². The zero-order chi connectivity index (χ0) is 14.7. The summed E-state index contributed by atoms with van der Waals surface area (Å²) in [5.41, 5.74) is 1.73. The lowest BCUT2D eigenvalue weighted by Gasteiger charge is -2.07. The van der Waals surface area contributed by atoms with E-state index in [1.807, 2.05) is 6.92 Å². The molecule has 2 aromatic heterocycles. The Morgan fingerprint density at radius 3 is 2.85 bits per heavy atom. The van der Waals surface area contributed by atoms with Gasteiger partial charge in [-0.25, -0.2) is 0 Å². The van der Waals surface area contributed by atoms with Gasteiger partial charge in [-0.3, -0.25) is 14.3 Å². The third kappa shape index (κ3) is 2.87. The van der Waals surface area contributed by atoms with Crippen LogP contribution in [-0.4, -0.2) is 31.3 Å². The largest absolute Gasteiger partial charge is 0.480 e. The molecule has 2 rings (SSSR count). The van der Waals surface area contributed by atoms with Gasteiger partial charge in [0.2, 0.25) is 0 Å². The number of carbonyl (C=O) groups is 2. The fourth-order valence-electron chi connectivity index (χ4n) is 1.99. The quantitative estimate of drug-likeness (QED) is 0.856. The number of nitrogens with zero attached hydrogens (tertiary/aromatic N) is 3. The maximum Gasteiger partial charge on any atom is 0.323 e. The van der Waals surface area contributed by atoms with Crippen LogP contribution in [-0.2, 0) is 24.8 Å². The van der Waals surface area contributed by atoms with Gasteiger partial charge in [0.05, 0.1) is 11.4 Å². The summed E-state index contributed by atoms with van der Waals surface area (Å²) >= 11 is 0. The van der Waals surface area contributed by atoms with Crippen LogP contribution in [0.4, 0.5) is 5.69 Å². The molecule has 2 N–H and O–H groups in total. The molecule has 7 heteroatoms. The number of rotatable bonds is 5. The van der Waals surface area contributed by atoms with Gasteiger partial charge in [0, 0.05) is 19.4 Å². The predicted molar refractivity (Wildman–Crippen MR) is 72.6 cm³/mol. The monoisotopic (exact) mass is 276 g/mol. The van der Waals surface area contributed by atoms with Gasteiger partial charge in [-0.2, -0.15) is 5.10 Å². The van der Waals surface area contributed by atoms with Crippen LogP contribution in [0.2, 0.25) is 0 Å². The average Bonchev–Trinajstić information content (AvgIpc) is 2.95. The molecule has 0 atom stereocenters. The molecule has 20 heavy (non-hydrogen) atoms. The highest BCUT2D eigenvalue weighted by Gasteiger charge is 2.15. The van der Waals surface area contributed by atoms with Crippen LogP contribution in [0.3, 0.4) is 0 Å². The first-order valence-electron chi connectivity index (χ1n) is 6.22. The number of aromatic nitrogens is 3. The van der Waals surface area contributed by atoms with Crippen molar-refractivity contribution < 1.29 is 14.7 Å². The van der Waals surface area contributed by atoms with Crippen LogP contribution in [0.15, 0.2) is 24.5 Å². The van der Waals surface area contributed by atoms with Crippen molar-refractivity contribution in [3.63, 3.8) is 0 Å². The summed E-state index contributed by atoms with van der Waals surface area (Å²) in [5, 5.41) is 15.8. The van der Waals surface area contributed by atoms with Gasteiger partial charge in [-0.05, 0) is 18.6 Å². The zero-order valence-electron chi connectivity index (χ0n) is 11.3. The van der Waals surface area contributed by atoms with Gasteiger partial charge >= 0.3 is 5.97 Å². The number of carboxylic acids is 1. The molecule has 106 valence electrons. The fourth-order valence-corrected chi connectivity index (χ4v) is 1.99. The second kappa shape index (κ2) is 5.60. The van der Waals surface area contributed by atoms with Crippen molar-refractivity contribution >= 4 is 17.6 Å². The number of hydrogen-bond acceptors (Lipinski definition) is 3. The number of anilines is 1. The molecule has 0 aromatic carbocycles. The minimum absolute atomic E-state index is 0.247. The summed E-state index contributed by atoms with van der Waals surface area (Å²) in [4.78, 5) is 22.9. The molecule has 0 unspecified atom stereocenters. The molecule has 0 fully saturated rings. The van der Waals surface area contributed by atoms with E-state index in [0.29, 0.717) is 17.8 Å². The highest BCUT2D eigenvalue weighted by Crippen LogP contribution is 2.15. The van der Waals surface area contributed by atoms with Crippen molar-refractivity contribution in [3.05, 3.63) is 35.9 Å². The van der Waals surface area contributed by atoms with E-state index in [0.717, 1.165) is 5.69 Å². The number of amides is 1. The molecular formula is C13H16N4O3. The fraction of sp³-hybridized carbons (Fsp3) is 0.308. The Kier molecular flexibility index (Phi) is 3.88. The topological polar surface area (TPSA) is 89.2 Å². The van der Waals surface area contributed by atoms with Gasteiger partial charge in [0.25, 0.3) is 5.91 Å². The third-order valence-corrected chi connectivity index (χ3v) is 2.86. The normalized spacial score (nSPS) is 10.5. The van der Waals surface area contributed by atoms with E-state index in [1.54, 1.807) is 36.3 Å². The predicted octanol–water partition coefficient (Wildman–Crippen LogP) is 1.12. The van der Waals surface area contributed by atoms with E-state index in [9.17, 15) is 9.59 Å². The van der Waals surface area contributed by atoms with Crippen LogP contribution in [0.1, 0.15) is 23.1 Å². The number of aliphatic carboxylic acids is 1. The van der Waals surface area contributed by atoms with Crippen molar-refractivity contribution in [3.8, 4) is 0 Å². The van der Waals surface area contributed by atoms with Crippen molar-refractivity contribution in [1.29, 1.82) is 0 Å². The molecular weight excluding hydrogens is 260 g/mol. The lowest BCUT2D eigenvalue weighted by atomic mass is 10.3. The summed E-state index contributed by atoms with van der Waals surface area (Å²) in [5.74, 6) is -1.34. The van der Waals surface area contributed by atoms with E-state index < -0.39 is 5.97 Å². The summed E-state index contributed by atoms with van der Waals surface area (Å²) in [6.07, 6.45) is 3.99. The highest BCUT2D eigenvalue weighted by molar-refractivity contribution is 6.03. The lowest BCUT2D eigenvalue weighted by molar-refractivity contribution is -0.137. The maximum atomic E-state index is 12.2. The van der Waals surface area contributed by atoms with Gasteiger partial charge in [-0.15, -0.1) is 0 Å². The van der Waals surface area contributed by atoms with Crippen molar-refractivity contribution in [2.45, 2.75) is 19.9 Å². The Hall–Kier alpha value is -2.57. The SMILES string of the molecule is CCc1nn(C)cc1NC(=O)c1cccn1CC(=O)O. The maximum absolute atomic E-state index is 12.2. The summed E-state index contributed by atoms with van der Waals surface area (Å²) in [6, 6.07) is 3.22. The molecule has 2 aromatic rings. The summed E-state index contributed by atoms with van der Waals surface area (Å²) < 4.78 is 3.02. The van der Waals surface area contributed by atoms with Crippen molar-refractivity contribution in [1.82, 2.24) is 14.3 Å². The molecule has 0 saturated heterocycles. The minimum Gasteiger partial charge on any atom is -0.480 e. The standard InChI is InChI=1S/C13H16N4O3/c1-3-9-10(7-16(2)15-9)14-13(20)11-5-4-6-17(11)8-12(18)19/h4-7H,3,8H2,1-2H3,(H,14,20)(H,18,19). The summed E-state index contributed by atoms with van der Waals surface area (Å²) in [7, 11) is 1.78. The van der Waals surface area contributed by atoms with Gasteiger partial charge < -0.3 is 15.0 Å². The average molecular weight is 276 g/mol. The third-order valence-electron chi connectivity index (χ3n) is 2.86. The number of carbonyl (C=O) groups excluding carboxylic acids is 1.